The Morgan fingerprint density at radius 3 is 3.13 bits per heavy atom. The Morgan fingerprint density at radius 2 is 2.40 bits per heavy atom. The maximum absolute atomic E-state index is 12.0. The molecule has 0 aromatic carbocycles. The van der Waals surface area contributed by atoms with E-state index in [1.54, 1.807) is 6.20 Å². The Balaban J connectivity index is 2.52. The molecule has 0 aliphatic heterocycles. The summed E-state index contributed by atoms with van der Waals surface area (Å²) in [5, 5.41) is 0. The van der Waals surface area contributed by atoms with Crippen LogP contribution in [-0.2, 0) is 6.42 Å². The minimum Gasteiger partial charge on any atom is -0.316 e. The van der Waals surface area contributed by atoms with Crippen molar-refractivity contribution >= 4 is 19.6 Å². The fourth-order valence-corrected chi connectivity index (χ4v) is 1.98. The molecule has 82 valence electrons. The van der Waals surface area contributed by atoms with Gasteiger partial charge in [0, 0.05) is 11.1 Å². The number of hydrogen-bond donors (Lipinski definition) is 1. The van der Waals surface area contributed by atoms with Gasteiger partial charge in [-0.1, -0.05) is 31.7 Å². The average Bonchev–Trinajstić information content (AvgIpc) is 2.28. The fourth-order valence-electron chi connectivity index (χ4n) is 1.35. The van der Waals surface area contributed by atoms with Crippen molar-refractivity contribution < 1.29 is 4.32 Å². The maximum Gasteiger partial charge on any atom is 0.421 e. The largest absolute Gasteiger partial charge is 0.421 e. The highest BCUT2D eigenvalue weighted by molar-refractivity contribution is 7.98. The van der Waals surface area contributed by atoms with Crippen LogP contribution in [0.2, 0.25) is 0 Å². The Hall–Kier alpha value is -0.545. The minimum atomic E-state index is -0.520. The quantitative estimate of drug-likeness (QED) is 0.439. The normalized spacial score (nSPS) is 10.3. The molecule has 1 N–H and O–H groups in total. The summed E-state index contributed by atoms with van der Waals surface area (Å²) in [6, 6.07) is 3.85. The molecule has 1 rings (SSSR count). The van der Waals surface area contributed by atoms with Crippen molar-refractivity contribution in [3.05, 3.63) is 24.0 Å². The van der Waals surface area contributed by atoms with Crippen molar-refractivity contribution in [3.8, 4) is 0 Å². The summed E-state index contributed by atoms with van der Waals surface area (Å²) in [4.78, 5) is 5.35. The van der Waals surface area contributed by atoms with Gasteiger partial charge in [-0.25, -0.2) is 0 Å². The molecule has 0 aliphatic rings. The zero-order chi connectivity index (χ0) is 10.9. The molecule has 0 radical (unpaired) electrons. The molecule has 0 saturated heterocycles. The van der Waals surface area contributed by atoms with Crippen LogP contribution in [0.1, 0.15) is 31.9 Å². The standard InChI is InChI=1S/C10H16BFN2S/c1-2-3-4-6-9-10(15-14-11-12)7-5-8-13-9/h5,7-8,11,14H,2-4,6H2,1H3. The van der Waals surface area contributed by atoms with Gasteiger partial charge in [0.25, 0.3) is 0 Å². The van der Waals surface area contributed by atoms with E-state index in [1.807, 2.05) is 12.1 Å². The number of rotatable bonds is 7. The van der Waals surface area contributed by atoms with Crippen molar-refractivity contribution in [2.75, 3.05) is 0 Å². The van der Waals surface area contributed by atoms with Crippen LogP contribution in [0.5, 0.6) is 0 Å². The van der Waals surface area contributed by atoms with Crippen molar-refractivity contribution in [3.63, 3.8) is 0 Å². The molecule has 1 aromatic heterocycles. The molecule has 1 aromatic rings. The zero-order valence-electron chi connectivity index (χ0n) is 9.00. The molecule has 0 aliphatic carbocycles. The molecular weight excluding hydrogens is 210 g/mol. The van der Waals surface area contributed by atoms with E-state index in [1.165, 1.54) is 24.8 Å². The van der Waals surface area contributed by atoms with Crippen molar-refractivity contribution in [1.29, 1.82) is 0 Å². The molecule has 0 atom stereocenters. The number of pyridine rings is 1. The summed E-state index contributed by atoms with van der Waals surface area (Å²) >= 11 is 1.32. The Labute approximate surface area is 95.5 Å². The van der Waals surface area contributed by atoms with E-state index in [-0.39, 0.29) is 0 Å². The Bertz CT molecular complexity index is 286. The lowest BCUT2D eigenvalue weighted by Gasteiger charge is -2.06. The van der Waals surface area contributed by atoms with Gasteiger partial charge in [-0.3, -0.25) is 9.62 Å². The lowest BCUT2D eigenvalue weighted by Crippen LogP contribution is -2.05. The van der Waals surface area contributed by atoms with Crippen LogP contribution in [0.15, 0.2) is 23.2 Å². The Morgan fingerprint density at radius 1 is 1.53 bits per heavy atom. The number of nitrogens with one attached hydrogen (secondary N) is 1. The highest BCUT2D eigenvalue weighted by Crippen LogP contribution is 2.19. The first-order chi connectivity index (χ1) is 7.38. The fraction of sp³-hybridized carbons (Fsp3) is 0.500. The number of aryl methyl sites for hydroxylation is 1. The molecule has 2 nitrogen and oxygen atoms in total. The summed E-state index contributed by atoms with van der Waals surface area (Å²) in [7, 11) is -0.520. The second-order valence-electron chi connectivity index (χ2n) is 3.29. The van der Waals surface area contributed by atoms with E-state index >= 15 is 0 Å². The second-order valence-corrected chi connectivity index (χ2v) is 4.22. The molecule has 0 saturated carbocycles. The first kappa shape index (κ1) is 12.5. The number of unbranched alkanes of at least 4 members (excludes halogenated alkanes) is 2. The van der Waals surface area contributed by atoms with Crippen LogP contribution in [-0.4, -0.2) is 12.7 Å². The third-order valence-electron chi connectivity index (χ3n) is 2.10. The van der Waals surface area contributed by atoms with E-state index in [9.17, 15) is 4.32 Å². The zero-order valence-corrected chi connectivity index (χ0v) is 9.82. The predicted octanol–water partition coefficient (Wildman–Crippen LogP) is 2.65. The van der Waals surface area contributed by atoms with Gasteiger partial charge in [0.05, 0.1) is 5.69 Å². The van der Waals surface area contributed by atoms with E-state index in [4.69, 9.17) is 0 Å². The molecule has 0 bridgehead atoms. The van der Waals surface area contributed by atoms with Gasteiger partial charge >= 0.3 is 7.69 Å². The summed E-state index contributed by atoms with van der Waals surface area (Å²) in [5.74, 6) is 0. The van der Waals surface area contributed by atoms with Crippen LogP contribution in [0.4, 0.5) is 4.32 Å². The lowest BCUT2D eigenvalue weighted by molar-refractivity contribution is 0.699. The second kappa shape index (κ2) is 7.71. The number of halogens is 1. The monoisotopic (exact) mass is 226 g/mol. The van der Waals surface area contributed by atoms with Crippen LogP contribution in [0.25, 0.3) is 0 Å². The summed E-state index contributed by atoms with van der Waals surface area (Å²) < 4.78 is 14.6. The molecule has 0 spiro atoms. The molecule has 15 heavy (non-hydrogen) atoms. The molecular formula is C10H16BFN2S. The first-order valence-corrected chi connectivity index (χ1v) is 6.09. The van der Waals surface area contributed by atoms with Crippen LogP contribution >= 0.6 is 11.9 Å². The van der Waals surface area contributed by atoms with Gasteiger partial charge in [-0.15, -0.1) is 0 Å². The van der Waals surface area contributed by atoms with Gasteiger partial charge in [0.2, 0.25) is 0 Å². The Kier molecular flexibility index (Phi) is 6.44. The highest BCUT2D eigenvalue weighted by Gasteiger charge is 2.03. The predicted molar refractivity (Wildman–Crippen MR) is 64.7 cm³/mol. The summed E-state index contributed by atoms with van der Waals surface area (Å²) in [5.41, 5.74) is 1.07. The van der Waals surface area contributed by atoms with E-state index in [0.717, 1.165) is 23.4 Å². The van der Waals surface area contributed by atoms with Crippen molar-refractivity contribution in [2.24, 2.45) is 0 Å². The topological polar surface area (TPSA) is 24.9 Å². The minimum absolute atomic E-state index is 0.520. The smallest absolute Gasteiger partial charge is 0.316 e. The average molecular weight is 226 g/mol. The van der Waals surface area contributed by atoms with Gasteiger partial charge < -0.3 is 4.32 Å². The van der Waals surface area contributed by atoms with Gasteiger partial charge in [0.1, 0.15) is 0 Å². The number of hydrogen-bond acceptors (Lipinski definition) is 3. The van der Waals surface area contributed by atoms with Crippen LogP contribution in [0.3, 0.4) is 0 Å². The van der Waals surface area contributed by atoms with Gasteiger partial charge in [-0.2, -0.15) is 0 Å². The number of aromatic nitrogens is 1. The summed E-state index contributed by atoms with van der Waals surface area (Å²) in [6.07, 6.45) is 6.34. The van der Waals surface area contributed by atoms with Crippen LogP contribution < -0.4 is 4.63 Å². The lowest BCUT2D eigenvalue weighted by atomic mass is 10.1. The van der Waals surface area contributed by atoms with Crippen molar-refractivity contribution in [2.45, 2.75) is 37.5 Å². The molecule has 1 heterocycles. The molecule has 0 unspecified atom stereocenters. The van der Waals surface area contributed by atoms with E-state index in [2.05, 4.69) is 16.5 Å². The first-order valence-electron chi connectivity index (χ1n) is 5.28. The third-order valence-corrected chi connectivity index (χ3v) is 2.95. The highest BCUT2D eigenvalue weighted by atomic mass is 32.2. The third kappa shape index (κ3) is 4.66. The SMILES string of the molecule is CCCCCc1ncccc1SNBF. The molecule has 5 heteroatoms. The van der Waals surface area contributed by atoms with Crippen molar-refractivity contribution in [1.82, 2.24) is 9.62 Å². The van der Waals surface area contributed by atoms with Crippen LogP contribution in [0, 0.1) is 0 Å². The van der Waals surface area contributed by atoms with E-state index in [0.29, 0.717) is 0 Å². The molecule has 0 amide bonds. The van der Waals surface area contributed by atoms with Gasteiger partial charge in [-0.05, 0) is 25.0 Å². The summed E-state index contributed by atoms with van der Waals surface area (Å²) in [6.45, 7) is 2.18. The van der Waals surface area contributed by atoms with Gasteiger partial charge in [0.15, 0.2) is 0 Å². The molecule has 0 fully saturated rings. The maximum atomic E-state index is 12.0. The number of nitrogens with zero attached hydrogens (tertiary/aromatic N) is 1. The van der Waals surface area contributed by atoms with E-state index < -0.39 is 7.69 Å².